The van der Waals surface area contributed by atoms with Crippen LogP contribution in [0.5, 0.6) is 0 Å². The zero-order valence-electron chi connectivity index (χ0n) is 17.2. The van der Waals surface area contributed by atoms with E-state index in [1.54, 1.807) is 6.92 Å². The summed E-state index contributed by atoms with van der Waals surface area (Å²) in [7, 11) is 1.26. The summed E-state index contributed by atoms with van der Waals surface area (Å²) in [4.78, 5) is 24.5. The van der Waals surface area contributed by atoms with Gasteiger partial charge < -0.3 is 19.9 Å². The highest BCUT2D eigenvalue weighted by Crippen LogP contribution is 2.33. The van der Waals surface area contributed by atoms with Gasteiger partial charge >= 0.3 is 12.1 Å². The van der Waals surface area contributed by atoms with Gasteiger partial charge in [0, 0.05) is 23.7 Å². The topological polar surface area (TPSA) is 93.5 Å². The molecule has 7 nitrogen and oxygen atoms in total. The number of halogens is 3. The fraction of sp³-hybridized carbons (Fsp3) is 0.476. The van der Waals surface area contributed by atoms with Crippen LogP contribution < -0.4 is 10.6 Å². The second kappa shape index (κ2) is 9.51. The first-order valence-electron chi connectivity index (χ1n) is 9.99. The van der Waals surface area contributed by atoms with E-state index in [1.807, 2.05) is 0 Å². The molecule has 0 saturated heterocycles. The van der Waals surface area contributed by atoms with Crippen LogP contribution in [0.3, 0.4) is 0 Å². The van der Waals surface area contributed by atoms with Crippen molar-refractivity contribution in [1.82, 2.24) is 15.8 Å². The van der Waals surface area contributed by atoms with Crippen LogP contribution in [0.4, 0.5) is 13.2 Å². The molecule has 10 heteroatoms. The number of amides is 1. The third kappa shape index (κ3) is 5.43. The Bertz CT molecular complexity index is 919. The number of methoxy groups -OCH3 is 1. The van der Waals surface area contributed by atoms with Gasteiger partial charge in [0.25, 0.3) is 5.91 Å². The summed E-state index contributed by atoms with van der Waals surface area (Å²) < 4.78 is 48.7. The number of hydrogen-bond acceptors (Lipinski definition) is 6. The van der Waals surface area contributed by atoms with Crippen molar-refractivity contribution in [2.75, 3.05) is 7.11 Å². The fourth-order valence-electron chi connectivity index (χ4n) is 3.53. The normalized spacial score (nSPS) is 15.6. The van der Waals surface area contributed by atoms with Gasteiger partial charge in [-0.15, -0.1) is 0 Å². The van der Waals surface area contributed by atoms with E-state index in [2.05, 4.69) is 20.5 Å². The second-order valence-electron chi connectivity index (χ2n) is 7.49. The van der Waals surface area contributed by atoms with E-state index in [0.29, 0.717) is 11.1 Å². The Morgan fingerprint density at radius 2 is 1.87 bits per heavy atom. The highest BCUT2D eigenvalue weighted by Gasteiger charge is 2.31. The monoisotopic (exact) mass is 439 g/mol. The van der Waals surface area contributed by atoms with E-state index in [-0.39, 0.29) is 24.0 Å². The minimum Gasteiger partial charge on any atom is -0.468 e. The van der Waals surface area contributed by atoms with Crippen molar-refractivity contribution in [3.05, 3.63) is 41.1 Å². The van der Waals surface area contributed by atoms with Crippen LogP contribution in [0.25, 0.3) is 11.3 Å². The van der Waals surface area contributed by atoms with Gasteiger partial charge in [0.05, 0.1) is 12.7 Å². The standard InChI is InChI=1S/C21H24F3N3O4/c1-12(20(29)30-2)25-11-16-17(19(28)26-15-5-3-4-6-15)27-31-18(16)13-7-9-14(10-8-13)21(22,23)24/h7-10,12,15,25H,3-6,11H2,1-2H3,(H,26,28). The number of rotatable bonds is 7. The minimum atomic E-state index is -4.47. The molecule has 2 N–H and O–H groups in total. The predicted octanol–water partition coefficient (Wildman–Crippen LogP) is 3.68. The minimum absolute atomic E-state index is 0.0313. The van der Waals surface area contributed by atoms with E-state index in [4.69, 9.17) is 4.52 Å². The molecule has 1 heterocycles. The van der Waals surface area contributed by atoms with E-state index in [9.17, 15) is 22.8 Å². The zero-order chi connectivity index (χ0) is 22.6. The van der Waals surface area contributed by atoms with E-state index in [0.717, 1.165) is 37.8 Å². The molecule has 1 fully saturated rings. The Morgan fingerprint density at radius 1 is 1.23 bits per heavy atom. The molecule has 0 aliphatic heterocycles. The van der Waals surface area contributed by atoms with Crippen LogP contribution in [0.2, 0.25) is 0 Å². The Kier molecular flexibility index (Phi) is 6.99. The van der Waals surface area contributed by atoms with Gasteiger partial charge in [-0.1, -0.05) is 30.1 Å². The van der Waals surface area contributed by atoms with E-state index in [1.165, 1.54) is 19.2 Å². The average molecular weight is 439 g/mol. The molecule has 31 heavy (non-hydrogen) atoms. The molecule has 1 atom stereocenters. The van der Waals surface area contributed by atoms with Crippen molar-refractivity contribution in [2.45, 2.75) is 57.4 Å². The van der Waals surface area contributed by atoms with Crippen LogP contribution >= 0.6 is 0 Å². The first-order valence-corrected chi connectivity index (χ1v) is 9.99. The Balaban J connectivity index is 1.89. The number of benzene rings is 1. The van der Waals surface area contributed by atoms with Crippen LogP contribution in [0, 0.1) is 0 Å². The molecule has 1 aromatic carbocycles. The molecular weight excluding hydrogens is 415 g/mol. The highest BCUT2D eigenvalue weighted by atomic mass is 19.4. The number of carbonyl (C=O) groups is 2. The summed E-state index contributed by atoms with van der Waals surface area (Å²) in [6, 6.07) is 3.76. The summed E-state index contributed by atoms with van der Waals surface area (Å²) in [6.45, 7) is 1.62. The van der Waals surface area contributed by atoms with E-state index >= 15 is 0 Å². The van der Waals surface area contributed by atoms with Crippen LogP contribution in [-0.2, 0) is 22.3 Å². The molecule has 1 saturated carbocycles. The van der Waals surface area contributed by atoms with Gasteiger partial charge in [-0.25, -0.2) is 0 Å². The zero-order valence-corrected chi connectivity index (χ0v) is 17.2. The lowest BCUT2D eigenvalue weighted by Gasteiger charge is -2.14. The molecule has 1 unspecified atom stereocenters. The van der Waals surface area contributed by atoms with Gasteiger partial charge in [-0.05, 0) is 31.9 Å². The number of aromatic nitrogens is 1. The Hall–Kier alpha value is -2.88. The number of ether oxygens (including phenoxy) is 1. The lowest BCUT2D eigenvalue weighted by Crippen LogP contribution is -2.36. The van der Waals surface area contributed by atoms with Gasteiger partial charge in [-0.2, -0.15) is 13.2 Å². The maximum atomic E-state index is 12.9. The summed E-state index contributed by atoms with van der Waals surface area (Å²) in [5.41, 5.74) is -0.0748. The smallest absolute Gasteiger partial charge is 0.416 e. The number of alkyl halides is 3. The van der Waals surface area contributed by atoms with Gasteiger partial charge in [0.1, 0.15) is 6.04 Å². The molecule has 1 aliphatic rings. The first kappa shape index (κ1) is 22.8. The third-order valence-electron chi connectivity index (χ3n) is 5.31. The lowest BCUT2D eigenvalue weighted by molar-refractivity contribution is -0.142. The number of carbonyl (C=O) groups excluding carboxylic acids is 2. The molecule has 1 aliphatic carbocycles. The van der Waals surface area contributed by atoms with Crippen molar-refractivity contribution < 1.29 is 32.0 Å². The number of nitrogens with zero attached hydrogens (tertiary/aromatic N) is 1. The van der Waals surface area contributed by atoms with Gasteiger partial charge in [0.15, 0.2) is 11.5 Å². The molecule has 3 rings (SSSR count). The molecule has 1 aromatic heterocycles. The van der Waals surface area contributed by atoms with Crippen molar-refractivity contribution in [3.8, 4) is 11.3 Å². The van der Waals surface area contributed by atoms with Crippen molar-refractivity contribution in [1.29, 1.82) is 0 Å². The molecule has 168 valence electrons. The van der Waals surface area contributed by atoms with Crippen LogP contribution in [-0.4, -0.2) is 36.2 Å². The summed E-state index contributed by atoms with van der Waals surface area (Å²) in [6.07, 6.45) is -0.644. The maximum Gasteiger partial charge on any atom is 0.416 e. The second-order valence-corrected chi connectivity index (χ2v) is 7.49. The third-order valence-corrected chi connectivity index (χ3v) is 5.31. The molecular formula is C21H24F3N3O4. The lowest BCUT2D eigenvalue weighted by atomic mass is 10.0. The SMILES string of the molecule is COC(=O)C(C)NCc1c(C(=O)NC2CCCC2)noc1-c1ccc(C(F)(F)F)cc1. The molecule has 1 amide bonds. The van der Waals surface area contributed by atoms with Crippen molar-refractivity contribution >= 4 is 11.9 Å². The largest absolute Gasteiger partial charge is 0.468 e. The number of nitrogens with one attached hydrogen (secondary N) is 2. The van der Waals surface area contributed by atoms with Crippen molar-refractivity contribution in [3.63, 3.8) is 0 Å². The Morgan fingerprint density at radius 3 is 2.45 bits per heavy atom. The molecule has 2 aromatic rings. The van der Waals surface area contributed by atoms with Crippen LogP contribution in [0.1, 0.15) is 54.2 Å². The molecule has 0 spiro atoms. The fourth-order valence-corrected chi connectivity index (χ4v) is 3.53. The number of esters is 1. The molecule has 0 bridgehead atoms. The quantitative estimate of drug-likeness (QED) is 0.640. The van der Waals surface area contributed by atoms with E-state index < -0.39 is 29.7 Å². The van der Waals surface area contributed by atoms with Crippen LogP contribution in [0.15, 0.2) is 28.8 Å². The molecule has 0 radical (unpaired) electrons. The Labute approximate surface area is 177 Å². The predicted molar refractivity (Wildman–Crippen MR) is 105 cm³/mol. The first-order chi connectivity index (χ1) is 14.7. The summed E-state index contributed by atoms with van der Waals surface area (Å²) in [5.74, 6) is -0.754. The summed E-state index contributed by atoms with van der Waals surface area (Å²) >= 11 is 0. The average Bonchev–Trinajstić information content (AvgIpc) is 3.40. The highest BCUT2D eigenvalue weighted by molar-refractivity contribution is 5.95. The van der Waals surface area contributed by atoms with Gasteiger partial charge in [0.2, 0.25) is 0 Å². The maximum absolute atomic E-state index is 12.9. The van der Waals surface area contributed by atoms with Crippen molar-refractivity contribution in [2.24, 2.45) is 0 Å². The van der Waals surface area contributed by atoms with Gasteiger partial charge in [-0.3, -0.25) is 9.59 Å². The summed E-state index contributed by atoms with van der Waals surface area (Å²) in [5, 5.41) is 9.74. The number of hydrogen-bond donors (Lipinski definition) is 2.